The third-order valence-corrected chi connectivity index (χ3v) is 5.18. The van der Waals surface area contributed by atoms with E-state index >= 15 is 0 Å². The minimum atomic E-state index is 0.0864. The molecule has 0 unspecified atom stereocenters. The summed E-state index contributed by atoms with van der Waals surface area (Å²) < 4.78 is 7.21. The molecule has 1 aromatic carbocycles. The fourth-order valence-corrected chi connectivity index (χ4v) is 3.52. The molecule has 0 radical (unpaired) electrons. The van der Waals surface area contributed by atoms with Crippen molar-refractivity contribution in [3.63, 3.8) is 0 Å². The van der Waals surface area contributed by atoms with Gasteiger partial charge in [0.15, 0.2) is 0 Å². The van der Waals surface area contributed by atoms with Crippen molar-refractivity contribution in [2.75, 3.05) is 7.11 Å². The number of methoxy groups -OCH3 is 1. The van der Waals surface area contributed by atoms with Crippen molar-refractivity contribution < 1.29 is 4.74 Å². The Bertz CT molecular complexity index is 446. The van der Waals surface area contributed by atoms with Gasteiger partial charge in [0, 0.05) is 14.7 Å². The molecule has 0 saturated carbocycles. The van der Waals surface area contributed by atoms with Crippen molar-refractivity contribution in [3.05, 3.63) is 25.8 Å². The molecule has 0 fully saturated rings. The van der Waals surface area contributed by atoms with E-state index in [1.807, 2.05) is 0 Å². The Labute approximate surface area is 132 Å². The van der Waals surface area contributed by atoms with Crippen LogP contribution in [-0.2, 0) is 10.8 Å². The van der Waals surface area contributed by atoms with Crippen LogP contribution in [0.2, 0.25) is 0 Å². The van der Waals surface area contributed by atoms with Crippen LogP contribution in [0.4, 0.5) is 0 Å². The zero-order valence-corrected chi connectivity index (χ0v) is 15.9. The van der Waals surface area contributed by atoms with Gasteiger partial charge in [0.2, 0.25) is 0 Å². The van der Waals surface area contributed by atoms with Crippen molar-refractivity contribution in [2.45, 2.75) is 66.2 Å². The molecule has 1 nitrogen and oxygen atoms in total. The van der Waals surface area contributed by atoms with Crippen molar-refractivity contribution in [3.8, 4) is 5.75 Å². The molecule has 0 saturated heterocycles. The van der Waals surface area contributed by atoms with Crippen LogP contribution < -0.4 is 4.74 Å². The second kappa shape index (κ2) is 5.27. The lowest BCUT2D eigenvalue weighted by atomic mass is 9.75. The summed E-state index contributed by atoms with van der Waals surface area (Å²) in [5.74, 6) is 1.08. The molecule has 0 aliphatic heterocycles. The smallest absolute Gasteiger partial charge is 0.126 e. The summed E-state index contributed by atoms with van der Waals surface area (Å²) in [7, 11) is 1.80. The molecule has 2 heteroatoms. The monoisotopic (exact) mass is 374 g/mol. The van der Waals surface area contributed by atoms with Crippen LogP contribution >= 0.6 is 22.6 Å². The molecule has 0 aromatic heterocycles. The van der Waals surface area contributed by atoms with Gasteiger partial charge >= 0.3 is 0 Å². The average Bonchev–Trinajstić information content (AvgIpc) is 2.21. The van der Waals surface area contributed by atoms with Crippen molar-refractivity contribution in [2.24, 2.45) is 0 Å². The number of hydrogen-bond donors (Lipinski definition) is 0. The quantitative estimate of drug-likeness (QED) is 0.589. The van der Waals surface area contributed by atoms with E-state index in [9.17, 15) is 0 Å². The summed E-state index contributed by atoms with van der Waals surface area (Å²) in [6.07, 6.45) is 0. The summed E-state index contributed by atoms with van der Waals surface area (Å²) in [6.45, 7) is 18.0. The Hall–Kier alpha value is -0.250. The van der Waals surface area contributed by atoms with E-state index in [1.165, 1.54) is 25.8 Å². The van der Waals surface area contributed by atoms with Crippen LogP contribution in [0, 0.1) is 17.4 Å². The Balaban J connectivity index is 3.91. The van der Waals surface area contributed by atoms with E-state index in [2.05, 4.69) is 78.0 Å². The standard InChI is InChI=1S/C17H27IO/c1-10-12(16(3,4)5)15(19-9)13(17(6,7)8)11(2)14(10)18/h1-9H3. The minimum Gasteiger partial charge on any atom is -0.496 e. The summed E-state index contributed by atoms with van der Waals surface area (Å²) in [6, 6.07) is 0. The van der Waals surface area contributed by atoms with E-state index in [0.717, 1.165) is 5.75 Å². The highest BCUT2D eigenvalue weighted by molar-refractivity contribution is 14.1. The topological polar surface area (TPSA) is 9.23 Å². The maximum atomic E-state index is 5.84. The maximum absolute atomic E-state index is 5.84. The molecule has 0 spiro atoms. The van der Waals surface area contributed by atoms with Gasteiger partial charge < -0.3 is 4.74 Å². The molecule has 0 N–H and O–H groups in total. The molecule has 0 aliphatic carbocycles. The Morgan fingerprint density at radius 2 is 1.11 bits per heavy atom. The van der Waals surface area contributed by atoms with Crippen molar-refractivity contribution in [1.29, 1.82) is 0 Å². The number of rotatable bonds is 1. The summed E-state index contributed by atoms with van der Waals surface area (Å²) in [4.78, 5) is 0. The van der Waals surface area contributed by atoms with Gasteiger partial charge in [-0.3, -0.25) is 0 Å². The first-order chi connectivity index (χ1) is 8.42. The van der Waals surface area contributed by atoms with Gasteiger partial charge in [-0.2, -0.15) is 0 Å². The maximum Gasteiger partial charge on any atom is 0.126 e. The van der Waals surface area contributed by atoms with E-state index in [0.29, 0.717) is 0 Å². The Morgan fingerprint density at radius 3 is 1.32 bits per heavy atom. The fourth-order valence-electron chi connectivity index (χ4n) is 2.98. The van der Waals surface area contributed by atoms with Crippen molar-refractivity contribution in [1.82, 2.24) is 0 Å². The zero-order chi connectivity index (χ0) is 15.2. The lowest BCUT2D eigenvalue weighted by molar-refractivity contribution is 0.379. The van der Waals surface area contributed by atoms with Crippen LogP contribution in [0.5, 0.6) is 5.75 Å². The molecule has 0 aliphatic rings. The number of ether oxygens (including phenoxy) is 1. The second-order valence-corrected chi connectivity index (χ2v) is 8.43. The molecule has 108 valence electrons. The lowest BCUT2D eigenvalue weighted by Crippen LogP contribution is -2.22. The van der Waals surface area contributed by atoms with Crippen LogP contribution in [0.1, 0.15) is 63.8 Å². The highest BCUT2D eigenvalue weighted by Gasteiger charge is 2.31. The fraction of sp³-hybridized carbons (Fsp3) is 0.647. The SMILES string of the molecule is COc1c(C(C)(C)C)c(C)c(I)c(C)c1C(C)(C)C. The largest absolute Gasteiger partial charge is 0.496 e. The van der Waals surface area contributed by atoms with Gasteiger partial charge in [-0.05, 0) is 58.4 Å². The molecule has 1 rings (SSSR count). The molecular formula is C17H27IO. The summed E-state index contributed by atoms with van der Waals surface area (Å²) in [5, 5.41) is 0. The van der Waals surface area contributed by atoms with Crippen LogP contribution in [0.25, 0.3) is 0 Å². The third kappa shape index (κ3) is 3.09. The minimum absolute atomic E-state index is 0.0864. The van der Waals surface area contributed by atoms with Gasteiger partial charge in [0.05, 0.1) is 7.11 Å². The highest BCUT2D eigenvalue weighted by atomic mass is 127. The number of halogens is 1. The molecular weight excluding hydrogens is 347 g/mol. The predicted molar refractivity (Wildman–Crippen MR) is 92.6 cm³/mol. The van der Waals surface area contributed by atoms with Crippen LogP contribution in [0.15, 0.2) is 0 Å². The molecule has 0 atom stereocenters. The van der Waals surface area contributed by atoms with E-state index < -0.39 is 0 Å². The van der Waals surface area contributed by atoms with Crippen LogP contribution in [0.3, 0.4) is 0 Å². The van der Waals surface area contributed by atoms with Gasteiger partial charge in [-0.1, -0.05) is 41.5 Å². The normalized spacial score (nSPS) is 12.7. The van der Waals surface area contributed by atoms with Gasteiger partial charge in [-0.15, -0.1) is 0 Å². The van der Waals surface area contributed by atoms with Gasteiger partial charge in [0.1, 0.15) is 5.75 Å². The van der Waals surface area contributed by atoms with Crippen LogP contribution in [-0.4, -0.2) is 7.11 Å². The van der Waals surface area contributed by atoms with Gasteiger partial charge in [0.25, 0.3) is 0 Å². The van der Waals surface area contributed by atoms with Gasteiger partial charge in [-0.25, -0.2) is 0 Å². The first-order valence-corrected chi connectivity index (χ1v) is 7.88. The van der Waals surface area contributed by atoms with E-state index in [4.69, 9.17) is 4.74 Å². The lowest BCUT2D eigenvalue weighted by Gasteiger charge is -2.33. The predicted octanol–water partition coefficient (Wildman–Crippen LogP) is 5.51. The number of hydrogen-bond acceptors (Lipinski definition) is 1. The summed E-state index contributed by atoms with van der Waals surface area (Å²) >= 11 is 2.48. The molecule has 0 bridgehead atoms. The molecule has 0 heterocycles. The summed E-state index contributed by atoms with van der Waals surface area (Å²) in [5.41, 5.74) is 5.57. The Morgan fingerprint density at radius 1 is 0.789 bits per heavy atom. The first kappa shape index (κ1) is 16.8. The van der Waals surface area contributed by atoms with Crippen molar-refractivity contribution >= 4 is 22.6 Å². The average molecular weight is 374 g/mol. The number of benzene rings is 1. The van der Waals surface area contributed by atoms with E-state index in [-0.39, 0.29) is 10.8 Å². The highest BCUT2D eigenvalue weighted by Crippen LogP contribution is 2.45. The third-order valence-electron chi connectivity index (χ3n) is 3.57. The second-order valence-electron chi connectivity index (χ2n) is 7.35. The molecule has 19 heavy (non-hydrogen) atoms. The van der Waals surface area contributed by atoms with E-state index in [1.54, 1.807) is 7.11 Å². The Kier molecular flexibility index (Phi) is 4.66. The first-order valence-electron chi connectivity index (χ1n) is 6.80. The molecule has 1 aromatic rings. The molecule has 0 amide bonds. The zero-order valence-electron chi connectivity index (χ0n) is 13.8.